The van der Waals surface area contributed by atoms with E-state index < -0.39 is 0 Å². The van der Waals surface area contributed by atoms with Crippen molar-refractivity contribution in [3.05, 3.63) is 33.3 Å². The number of Topliss-reactive ketones (excluding diaryl/α,β-unsaturated/α-hetero) is 1. The van der Waals surface area contributed by atoms with Gasteiger partial charge >= 0.3 is 0 Å². The number of hydrogen-bond donors (Lipinski definition) is 0. The minimum absolute atomic E-state index is 0.162. The number of carbonyl (C=O) groups is 1. The number of aryl methyl sites for hydroxylation is 3. The average Bonchev–Trinajstić information content (AvgIpc) is 2.95. The number of fused-ring (bicyclic) bond motifs is 1. The summed E-state index contributed by atoms with van der Waals surface area (Å²) in [6.45, 7) is 0. The molecule has 5 heteroatoms. The van der Waals surface area contributed by atoms with Crippen molar-refractivity contribution in [1.29, 1.82) is 0 Å². The maximum absolute atomic E-state index is 12.2. The van der Waals surface area contributed by atoms with Crippen LogP contribution in [0.15, 0.2) is 12.3 Å². The van der Waals surface area contributed by atoms with E-state index >= 15 is 0 Å². The first-order valence-corrected chi connectivity index (χ1v) is 7.04. The number of carbonyl (C=O) groups excluding carboxylic acids is 1. The van der Waals surface area contributed by atoms with Crippen LogP contribution in [-0.2, 0) is 26.3 Å². The van der Waals surface area contributed by atoms with Gasteiger partial charge in [0.15, 0.2) is 5.78 Å². The van der Waals surface area contributed by atoms with Crippen molar-refractivity contribution in [1.82, 2.24) is 15.0 Å². The van der Waals surface area contributed by atoms with Crippen LogP contribution in [0.2, 0.25) is 0 Å². The lowest BCUT2D eigenvalue weighted by Crippen LogP contribution is -2.01. The minimum atomic E-state index is 0.162. The Morgan fingerprint density at radius 1 is 1.44 bits per heavy atom. The summed E-state index contributed by atoms with van der Waals surface area (Å²) in [6.07, 6.45) is 6.92. The second-order valence-electron chi connectivity index (χ2n) is 4.75. The van der Waals surface area contributed by atoms with Gasteiger partial charge in [-0.1, -0.05) is 5.21 Å². The SMILES string of the molecule is Cn1cc(CC(=O)c2cc3c(s2)CCCC3)nn1. The highest BCUT2D eigenvalue weighted by Gasteiger charge is 2.18. The molecule has 0 aliphatic heterocycles. The Morgan fingerprint density at radius 3 is 3.00 bits per heavy atom. The molecule has 0 aromatic carbocycles. The van der Waals surface area contributed by atoms with Crippen LogP contribution in [0.4, 0.5) is 0 Å². The number of aromatic nitrogens is 3. The van der Waals surface area contributed by atoms with E-state index in [-0.39, 0.29) is 5.78 Å². The molecule has 2 aromatic rings. The Kier molecular flexibility index (Phi) is 2.99. The summed E-state index contributed by atoms with van der Waals surface area (Å²) in [6, 6.07) is 2.08. The lowest BCUT2D eigenvalue weighted by molar-refractivity contribution is 0.0995. The molecule has 4 nitrogen and oxygen atoms in total. The van der Waals surface area contributed by atoms with Crippen LogP contribution in [-0.4, -0.2) is 20.8 Å². The highest BCUT2D eigenvalue weighted by atomic mass is 32.1. The van der Waals surface area contributed by atoms with Crippen molar-refractivity contribution < 1.29 is 4.79 Å². The van der Waals surface area contributed by atoms with E-state index in [2.05, 4.69) is 16.4 Å². The van der Waals surface area contributed by atoms with Crippen molar-refractivity contribution in [2.45, 2.75) is 32.1 Å². The minimum Gasteiger partial charge on any atom is -0.293 e. The number of hydrogen-bond acceptors (Lipinski definition) is 4. The normalized spacial score (nSPS) is 14.5. The van der Waals surface area contributed by atoms with Gasteiger partial charge in [0.1, 0.15) is 0 Å². The van der Waals surface area contributed by atoms with E-state index in [9.17, 15) is 4.79 Å². The topological polar surface area (TPSA) is 47.8 Å². The number of rotatable bonds is 3. The molecule has 0 bridgehead atoms. The van der Waals surface area contributed by atoms with E-state index in [0.29, 0.717) is 6.42 Å². The maximum Gasteiger partial charge on any atom is 0.178 e. The Labute approximate surface area is 110 Å². The van der Waals surface area contributed by atoms with Crippen LogP contribution in [0.1, 0.15) is 38.6 Å². The van der Waals surface area contributed by atoms with E-state index in [0.717, 1.165) is 23.4 Å². The molecule has 1 aliphatic rings. The van der Waals surface area contributed by atoms with Crippen LogP contribution in [0.3, 0.4) is 0 Å². The smallest absolute Gasteiger partial charge is 0.178 e. The number of thiophene rings is 1. The summed E-state index contributed by atoms with van der Waals surface area (Å²) >= 11 is 1.66. The molecule has 0 N–H and O–H groups in total. The second-order valence-corrected chi connectivity index (χ2v) is 5.89. The molecular weight excluding hydrogens is 246 g/mol. The van der Waals surface area contributed by atoms with Gasteiger partial charge in [0.2, 0.25) is 0 Å². The Morgan fingerprint density at radius 2 is 2.28 bits per heavy atom. The maximum atomic E-state index is 12.2. The lowest BCUT2D eigenvalue weighted by atomic mass is 9.99. The molecule has 0 radical (unpaired) electrons. The van der Waals surface area contributed by atoms with E-state index in [1.165, 1.54) is 23.3 Å². The first kappa shape index (κ1) is 11.6. The molecule has 0 atom stereocenters. The first-order valence-electron chi connectivity index (χ1n) is 6.22. The molecule has 0 unspecified atom stereocenters. The third-order valence-electron chi connectivity index (χ3n) is 3.26. The van der Waals surface area contributed by atoms with Gasteiger partial charge in [-0.25, -0.2) is 0 Å². The molecule has 18 heavy (non-hydrogen) atoms. The van der Waals surface area contributed by atoms with E-state index in [1.54, 1.807) is 22.2 Å². The standard InChI is InChI=1S/C13H15N3OS/c1-16-8-10(14-15-16)7-11(17)13-6-9-4-2-3-5-12(9)18-13/h6,8H,2-5,7H2,1H3. The summed E-state index contributed by atoms with van der Waals surface area (Å²) in [4.78, 5) is 14.5. The predicted molar refractivity (Wildman–Crippen MR) is 70.0 cm³/mol. The highest BCUT2D eigenvalue weighted by Crippen LogP contribution is 2.30. The molecule has 0 saturated carbocycles. The molecule has 94 valence electrons. The third kappa shape index (κ3) is 2.22. The Bertz CT molecular complexity index is 561. The predicted octanol–water partition coefficient (Wildman–Crippen LogP) is 2.18. The zero-order chi connectivity index (χ0) is 12.5. The highest BCUT2D eigenvalue weighted by molar-refractivity contribution is 7.14. The van der Waals surface area contributed by atoms with Crippen molar-refractivity contribution in [2.75, 3.05) is 0 Å². The fraction of sp³-hybridized carbons (Fsp3) is 0.462. The van der Waals surface area contributed by atoms with Gasteiger partial charge in [0.25, 0.3) is 0 Å². The fourth-order valence-electron chi connectivity index (χ4n) is 2.36. The molecule has 0 spiro atoms. The van der Waals surface area contributed by atoms with Gasteiger partial charge in [-0.05, 0) is 37.3 Å². The zero-order valence-electron chi connectivity index (χ0n) is 10.3. The molecule has 0 fully saturated rings. The van der Waals surface area contributed by atoms with Crippen LogP contribution in [0, 0.1) is 0 Å². The molecule has 0 amide bonds. The van der Waals surface area contributed by atoms with Crippen molar-refractivity contribution in [3.8, 4) is 0 Å². The van der Waals surface area contributed by atoms with Gasteiger partial charge < -0.3 is 0 Å². The van der Waals surface area contributed by atoms with Crippen LogP contribution in [0.25, 0.3) is 0 Å². The third-order valence-corrected chi connectivity index (χ3v) is 4.54. The molecule has 0 saturated heterocycles. The van der Waals surface area contributed by atoms with Crippen LogP contribution >= 0.6 is 11.3 Å². The van der Waals surface area contributed by atoms with Gasteiger partial charge in [0.05, 0.1) is 17.0 Å². The van der Waals surface area contributed by atoms with E-state index in [4.69, 9.17) is 0 Å². The van der Waals surface area contributed by atoms with Gasteiger partial charge in [-0.3, -0.25) is 9.48 Å². The summed E-state index contributed by atoms with van der Waals surface area (Å²) in [7, 11) is 1.81. The summed E-state index contributed by atoms with van der Waals surface area (Å²) in [5.74, 6) is 0.162. The van der Waals surface area contributed by atoms with Gasteiger partial charge in [0, 0.05) is 18.1 Å². The first-order chi connectivity index (χ1) is 8.72. The Balaban J connectivity index is 1.78. The summed E-state index contributed by atoms with van der Waals surface area (Å²) in [5.41, 5.74) is 2.13. The van der Waals surface area contributed by atoms with Gasteiger partial charge in [-0.2, -0.15) is 0 Å². The van der Waals surface area contributed by atoms with Gasteiger partial charge in [-0.15, -0.1) is 16.4 Å². The monoisotopic (exact) mass is 261 g/mol. The van der Waals surface area contributed by atoms with Crippen LogP contribution < -0.4 is 0 Å². The molecule has 2 aromatic heterocycles. The average molecular weight is 261 g/mol. The molecular formula is C13H15N3OS. The quantitative estimate of drug-likeness (QED) is 0.796. The fourth-order valence-corrected chi connectivity index (χ4v) is 3.55. The van der Waals surface area contributed by atoms with Crippen LogP contribution in [0.5, 0.6) is 0 Å². The Hall–Kier alpha value is -1.49. The van der Waals surface area contributed by atoms with Crippen molar-refractivity contribution >= 4 is 17.1 Å². The van der Waals surface area contributed by atoms with Crippen molar-refractivity contribution in [2.24, 2.45) is 7.05 Å². The molecule has 3 rings (SSSR count). The molecule has 2 heterocycles. The summed E-state index contributed by atoms with van der Waals surface area (Å²) < 4.78 is 1.63. The summed E-state index contributed by atoms with van der Waals surface area (Å²) in [5, 5.41) is 7.81. The zero-order valence-corrected chi connectivity index (χ0v) is 11.2. The molecule has 1 aliphatic carbocycles. The lowest BCUT2D eigenvalue weighted by Gasteiger charge is -2.08. The second kappa shape index (κ2) is 4.65. The number of ketones is 1. The number of nitrogens with zero attached hydrogens (tertiary/aromatic N) is 3. The van der Waals surface area contributed by atoms with E-state index in [1.807, 2.05) is 7.05 Å². The largest absolute Gasteiger partial charge is 0.293 e. The van der Waals surface area contributed by atoms with Crippen molar-refractivity contribution in [3.63, 3.8) is 0 Å².